The molecule has 2 aromatic rings. The minimum atomic E-state index is -0.358. The molecular formula is C17H17NO2. The van der Waals surface area contributed by atoms with Crippen LogP contribution >= 0.6 is 0 Å². The summed E-state index contributed by atoms with van der Waals surface area (Å²) in [5.74, 6) is -0.0461. The van der Waals surface area contributed by atoms with Crippen LogP contribution in [0.15, 0.2) is 60.7 Å². The molecule has 1 aliphatic heterocycles. The average Bonchev–Trinajstić information content (AvgIpc) is 3.29. The number of hydrogen-bond donors (Lipinski definition) is 1. The second-order valence-electron chi connectivity index (χ2n) is 5.03. The van der Waals surface area contributed by atoms with Crippen molar-refractivity contribution in [2.45, 2.75) is 25.2 Å². The van der Waals surface area contributed by atoms with E-state index in [2.05, 4.69) is 5.32 Å². The van der Waals surface area contributed by atoms with Crippen LogP contribution in [0, 0.1) is 0 Å². The largest absolute Gasteiger partial charge is 0.354 e. The van der Waals surface area contributed by atoms with Gasteiger partial charge in [0.05, 0.1) is 6.04 Å². The van der Waals surface area contributed by atoms with Crippen molar-refractivity contribution in [2.75, 3.05) is 0 Å². The molecule has 1 saturated heterocycles. The van der Waals surface area contributed by atoms with Gasteiger partial charge < -0.3 is 10.1 Å². The summed E-state index contributed by atoms with van der Waals surface area (Å²) < 4.78 is 5.49. The highest BCUT2D eigenvalue weighted by Gasteiger charge is 2.46. The van der Waals surface area contributed by atoms with Gasteiger partial charge in [-0.15, -0.1) is 0 Å². The van der Waals surface area contributed by atoms with Crippen molar-refractivity contribution in [3.8, 4) is 0 Å². The van der Waals surface area contributed by atoms with Crippen LogP contribution in [-0.2, 0) is 9.53 Å². The van der Waals surface area contributed by atoms with E-state index < -0.39 is 0 Å². The molecular weight excluding hydrogens is 250 g/mol. The maximum atomic E-state index is 12.1. The Morgan fingerprint density at radius 2 is 1.65 bits per heavy atom. The number of benzene rings is 2. The SMILES string of the molecule is CC(NC(=O)C1OC1c1ccccc1)c1ccccc1. The van der Waals surface area contributed by atoms with Crippen molar-refractivity contribution < 1.29 is 9.53 Å². The molecule has 102 valence electrons. The van der Waals surface area contributed by atoms with Gasteiger partial charge in [0.15, 0.2) is 6.10 Å². The summed E-state index contributed by atoms with van der Waals surface area (Å²) >= 11 is 0. The number of ether oxygens (including phenoxy) is 1. The van der Waals surface area contributed by atoms with Crippen LogP contribution in [0.3, 0.4) is 0 Å². The van der Waals surface area contributed by atoms with E-state index in [9.17, 15) is 4.79 Å². The standard InChI is InChI=1S/C17H17NO2/c1-12(13-8-4-2-5-9-13)18-17(19)16-15(20-16)14-10-6-3-7-11-14/h2-12,15-16H,1H3,(H,18,19). The maximum absolute atomic E-state index is 12.1. The summed E-state index contributed by atoms with van der Waals surface area (Å²) in [6.45, 7) is 1.98. The third kappa shape index (κ3) is 2.73. The van der Waals surface area contributed by atoms with Crippen LogP contribution < -0.4 is 5.32 Å². The minimum Gasteiger partial charge on any atom is -0.354 e. The molecule has 2 aromatic carbocycles. The van der Waals surface area contributed by atoms with Crippen molar-refractivity contribution in [3.63, 3.8) is 0 Å². The highest BCUT2D eigenvalue weighted by molar-refractivity contribution is 5.84. The predicted octanol–water partition coefficient (Wildman–Crippen LogP) is 3.00. The fraction of sp³-hybridized carbons (Fsp3) is 0.235. The first kappa shape index (κ1) is 12.9. The molecule has 20 heavy (non-hydrogen) atoms. The fourth-order valence-corrected chi connectivity index (χ4v) is 2.33. The van der Waals surface area contributed by atoms with E-state index in [4.69, 9.17) is 4.74 Å². The molecule has 3 rings (SSSR count). The van der Waals surface area contributed by atoms with Gasteiger partial charge in [-0.2, -0.15) is 0 Å². The van der Waals surface area contributed by atoms with Crippen molar-refractivity contribution in [3.05, 3.63) is 71.8 Å². The van der Waals surface area contributed by atoms with Gasteiger partial charge in [0, 0.05) is 0 Å². The molecule has 1 amide bonds. The third-order valence-corrected chi connectivity index (χ3v) is 3.54. The van der Waals surface area contributed by atoms with Crippen molar-refractivity contribution in [1.82, 2.24) is 5.32 Å². The molecule has 3 atom stereocenters. The zero-order valence-corrected chi connectivity index (χ0v) is 11.3. The van der Waals surface area contributed by atoms with E-state index in [1.165, 1.54) is 0 Å². The monoisotopic (exact) mass is 267 g/mol. The Morgan fingerprint density at radius 1 is 1.05 bits per heavy atom. The first-order chi connectivity index (χ1) is 9.75. The zero-order chi connectivity index (χ0) is 13.9. The molecule has 1 aliphatic rings. The Labute approximate surface area is 118 Å². The van der Waals surface area contributed by atoms with E-state index in [0.717, 1.165) is 11.1 Å². The molecule has 0 bridgehead atoms. The summed E-state index contributed by atoms with van der Waals surface area (Å²) in [6.07, 6.45) is -0.456. The van der Waals surface area contributed by atoms with Gasteiger partial charge in [-0.25, -0.2) is 0 Å². The molecule has 0 spiro atoms. The highest BCUT2D eigenvalue weighted by Crippen LogP contribution is 2.38. The third-order valence-electron chi connectivity index (χ3n) is 3.54. The van der Waals surface area contributed by atoms with Crippen molar-refractivity contribution >= 4 is 5.91 Å². The van der Waals surface area contributed by atoms with Gasteiger partial charge >= 0.3 is 0 Å². The Bertz CT molecular complexity index is 582. The maximum Gasteiger partial charge on any atom is 0.252 e. The lowest BCUT2D eigenvalue weighted by atomic mass is 10.1. The van der Waals surface area contributed by atoms with Gasteiger partial charge in [-0.05, 0) is 18.1 Å². The Morgan fingerprint density at radius 3 is 2.30 bits per heavy atom. The van der Waals surface area contributed by atoms with Gasteiger partial charge in [-0.1, -0.05) is 60.7 Å². The molecule has 1 fully saturated rings. The Hall–Kier alpha value is -2.13. The molecule has 0 aromatic heterocycles. The fourth-order valence-electron chi connectivity index (χ4n) is 2.33. The van der Waals surface area contributed by atoms with Crippen molar-refractivity contribution in [2.24, 2.45) is 0 Å². The predicted molar refractivity (Wildman–Crippen MR) is 77.1 cm³/mol. The second kappa shape index (κ2) is 5.47. The number of hydrogen-bond acceptors (Lipinski definition) is 2. The first-order valence-corrected chi connectivity index (χ1v) is 6.81. The number of nitrogens with one attached hydrogen (secondary N) is 1. The normalized spacial score (nSPS) is 22.1. The summed E-state index contributed by atoms with van der Waals surface area (Å²) in [4.78, 5) is 12.1. The van der Waals surface area contributed by atoms with E-state index in [1.807, 2.05) is 67.6 Å². The number of amides is 1. The zero-order valence-electron chi connectivity index (χ0n) is 11.3. The molecule has 0 aliphatic carbocycles. The lowest BCUT2D eigenvalue weighted by molar-refractivity contribution is -0.122. The average molecular weight is 267 g/mol. The van der Waals surface area contributed by atoms with Gasteiger partial charge in [-0.3, -0.25) is 4.79 Å². The van der Waals surface area contributed by atoms with Gasteiger partial charge in [0.2, 0.25) is 0 Å². The first-order valence-electron chi connectivity index (χ1n) is 6.81. The second-order valence-corrected chi connectivity index (χ2v) is 5.03. The molecule has 3 nitrogen and oxygen atoms in total. The van der Waals surface area contributed by atoms with E-state index in [1.54, 1.807) is 0 Å². The number of carbonyl (C=O) groups excluding carboxylic acids is 1. The summed E-state index contributed by atoms with van der Waals surface area (Å²) in [7, 11) is 0. The van der Waals surface area contributed by atoms with Crippen LogP contribution in [0.25, 0.3) is 0 Å². The van der Waals surface area contributed by atoms with E-state index >= 15 is 0 Å². The molecule has 3 heteroatoms. The molecule has 0 radical (unpaired) electrons. The smallest absolute Gasteiger partial charge is 0.252 e. The Balaban J connectivity index is 1.59. The quantitative estimate of drug-likeness (QED) is 0.865. The van der Waals surface area contributed by atoms with Crippen LogP contribution in [0.4, 0.5) is 0 Å². The number of rotatable bonds is 4. The molecule has 3 unspecified atom stereocenters. The number of carbonyl (C=O) groups is 1. The van der Waals surface area contributed by atoms with E-state index in [0.29, 0.717) is 0 Å². The molecule has 1 heterocycles. The highest BCUT2D eigenvalue weighted by atomic mass is 16.6. The molecule has 0 saturated carbocycles. The van der Waals surface area contributed by atoms with Gasteiger partial charge in [0.1, 0.15) is 6.10 Å². The van der Waals surface area contributed by atoms with Crippen molar-refractivity contribution in [1.29, 1.82) is 0 Å². The minimum absolute atomic E-state index is 0.00989. The van der Waals surface area contributed by atoms with Crippen LogP contribution in [0.2, 0.25) is 0 Å². The van der Waals surface area contributed by atoms with Crippen LogP contribution in [0.1, 0.15) is 30.2 Å². The lowest BCUT2D eigenvalue weighted by Gasteiger charge is -2.13. The summed E-state index contributed by atoms with van der Waals surface area (Å²) in [5.41, 5.74) is 2.15. The molecule has 1 N–H and O–H groups in total. The van der Waals surface area contributed by atoms with Gasteiger partial charge in [0.25, 0.3) is 5.91 Å². The van der Waals surface area contributed by atoms with Crippen LogP contribution in [0.5, 0.6) is 0 Å². The Kier molecular flexibility index (Phi) is 3.52. The topological polar surface area (TPSA) is 41.6 Å². The number of epoxide rings is 1. The summed E-state index contributed by atoms with van der Waals surface area (Å²) in [5, 5.41) is 2.99. The summed E-state index contributed by atoms with van der Waals surface area (Å²) in [6, 6.07) is 19.8. The lowest BCUT2D eigenvalue weighted by Crippen LogP contribution is -2.30. The van der Waals surface area contributed by atoms with E-state index in [-0.39, 0.29) is 24.2 Å². The van der Waals surface area contributed by atoms with Crippen LogP contribution in [-0.4, -0.2) is 12.0 Å².